The molecule has 0 radical (unpaired) electrons. The highest BCUT2D eigenvalue weighted by molar-refractivity contribution is 6.01. The van der Waals surface area contributed by atoms with E-state index in [1.165, 1.54) is 0 Å². The minimum absolute atomic E-state index is 0.0448. The van der Waals surface area contributed by atoms with E-state index < -0.39 is 5.92 Å². The van der Waals surface area contributed by atoms with E-state index in [-0.39, 0.29) is 30.1 Å². The van der Waals surface area contributed by atoms with Gasteiger partial charge in [-0.25, -0.2) is 0 Å². The Bertz CT molecular complexity index is 584. The molecule has 3 amide bonds. The molecule has 0 bridgehead atoms. The van der Waals surface area contributed by atoms with Crippen molar-refractivity contribution >= 4 is 23.4 Å². The molecular weight excluding hydrogens is 282 g/mol. The van der Waals surface area contributed by atoms with Gasteiger partial charge < -0.3 is 16.0 Å². The zero-order valence-corrected chi connectivity index (χ0v) is 12.8. The van der Waals surface area contributed by atoms with Crippen molar-refractivity contribution in [1.82, 2.24) is 10.6 Å². The summed E-state index contributed by atoms with van der Waals surface area (Å²) in [6.45, 7) is 4.35. The Labute approximate surface area is 129 Å². The average molecular weight is 303 g/mol. The summed E-state index contributed by atoms with van der Waals surface area (Å²) in [4.78, 5) is 35.4. The minimum Gasteiger partial charge on any atom is -0.354 e. The summed E-state index contributed by atoms with van der Waals surface area (Å²) < 4.78 is 0. The van der Waals surface area contributed by atoms with Gasteiger partial charge in [-0.3, -0.25) is 14.4 Å². The maximum atomic E-state index is 12.3. The first-order valence-corrected chi connectivity index (χ1v) is 7.43. The molecule has 22 heavy (non-hydrogen) atoms. The SMILES string of the molecule is CC(C)C(=O)NCCNC(=O)[C@@H]1CC(=O)Nc2ccccc21. The van der Waals surface area contributed by atoms with E-state index in [0.29, 0.717) is 18.8 Å². The van der Waals surface area contributed by atoms with Gasteiger partial charge in [-0.2, -0.15) is 0 Å². The van der Waals surface area contributed by atoms with Crippen molar-refractivity contribution in [2.75, 3.05) is 18.4 Å². The lowest BCUT2D eigenvalue weighted by Gasteiger charge is -2.24. The van der Waals surface area contributed by atoms with E-state index in [1.807, 2.05) is 32.0 Å². The van der Waals surface area contributed by atoms with Crippen LogP contribution in [0.25, 0.3) is 0 Å². The lowest BCUT2D eigenvalue weighted by atomic mass is 9.90. The number of para-hydroxylation sites is 1. The van der Waals surface area contributed by atoms with Crippen molar-refractivity contribution in [3.8, 4) is 0 Å². The molecule has 0 unspecified atom stereocenters. The van der Waals surface area contributed by atoms with E-state index in [9.17, 15) is 14.4 Å². The van der Waals surface area contributed by atoms with Crippen molar-refractivity contribution < 1.29 is 14.4 Å². The minimum atomic E-state index is -0.481. The van der Waals surface area contributed by atoms with Crippen LogP contribution in [0.15, 0.2) is 24.3 Å². The predicted molar refractivity (Wildman–Crippen MR) is 83.3 cm³/mol. The third-order valence-electron chi connectivity index (χ3n) is 3.56. The predicted octanol–water partition coefficient (Wildman–Crippen LogP) is 1.00. The van der Waals surface area contributed by atoms with Gasteiger partial charge in [0.05, 0.1) is 5.92 Å². The van der Waals surface area contributed by atoms with Crippen LogP contribution >= 0.6 is 0 Å². The Kier molecular flexibility index (Phi) is 5.14. The maximum Gasteiger partial charge on any atom is 0.228 e. The quantitative estimate of drug-likeness (QED) is 0.709. The van der Waals surface area contributed by atoms with Crippen LogP contribution in [0.3, 0.4) is 0 Å². The van der Waals surface area contributed by atoms with E-state index in [2.05, 4.69) is 16.0 Å². The molecule has 0 saturated heterocycles. The molecule has 118 valence electrons. The lowest BCUT2D eigenvalue weighted by Crippen LogP contribution is -2.40. The molecule has 2 rings (SSSR count). The Hall–Kier alpha value is -2.37. The number of nitrogens with one attached hydrogen (secondary N) is 3. The zero-order chi connectivity index (χ0) is 16.1. The van der Waals surface area contributed by atoms with Gasteiger partial charge in [0.25, 0.3) is 0 Å². The van der Waals surface area contributed by atoms with Crippen LogP contribution in [0.1, 0.15) is 31.7 Å². The molecule has 1 aliphatic rings. The smallest absolute Gasteiger partial charge is 0.228 e. The highest BCUT2D eigenvalue weighted by Gasteiger charge is 2.30. The first-order chi connectivity index (χ1) is 10.5. The normalized spacial score (nSPS) is 16.7. The summed E-state index contributed by atoms with van der Waals surface area (Å²) in [5.41, 5.74) is 1.51. The van der Waals surface area contributed by atoms with Crippen LogP contribution in [0.2, 0.25) is 0 Å². The van der Waals surface area contributed by atoms with E-state index >= 15 is 0 Å². The Morgan fingerprint density at radius 2 is 1.91 bits per heavy atom. The molecule has 6 nitrogen and oxygen atoms in total. The highest BCUT2D eigenvalue weighted by Crippen LogP contribution is 2.31. The fraction of sp³-hybridized carbons (Fsp3) is 0.438. The van der Waals surface area contributed by atoms with Gasteiger partial charge in [0.15, 0.2) is 0 Å². The van der Waals surface area contributed by atoms with Crippen molar-refractivity contribution in [2.24, 2.45) is 5.92 Å². The molecule has 1 heterocycles. The number of carbonyl (C=O) groups is 3. The van der Waals surface area contributed by atoms with Crippen LogP contribution in [0.5, 0.6) is 0 Å². The van der Waals surface area contributed by atoms with Crippen LogP contribution in [-0.4, -0.2) is 30.8 Å². The van der Waals surface area contributed by atoms with Gasteiger partial charge in [0.1, 0.15) is 0 Å². The molecule has 0 saturated carbocycles. The standard InChI is InChI=1S/C16H21N3O3/c1-10(2)15(21)17-7-8-18-16(22)12-9-14(20)19-13-6-4-3-5-11(12)13/h3-6,10,12H,7-9H2,1-2H3,(H,17,21)(H,18,22)(H,19,20)/t12-/m1/s1. The zero-order valence-electron chi connectivity index (χ0n) is 12.8. The summed E-state index contributed by atoms with van der Waals surface area (Å²) >= 11 is 0. The van der Waals surface area contributed by atoms with Crippen molar-refractivity contribution in [3.05, 3.63) is 29.8 Å². The summed E-state index contributed by atoms with van der Waals surface area (Å²) in [6, 6.07) is 7.30. The van der Waals surface area contributed by atoms with E-state index in [1.54, 1.807) is 6.07 Å². The molecule has 1 aliphatic heterocycles. The molecule has 0 aromatic heterocycles. The van der Waals surface area contributed by atoms with Crippen LogP contribution in [0.4, 0.5) is 5.69 Å². The van der Waals surface area contributed by atoms with Crippen molar-refractivity contribution in [2.45, 2.75) is 26.2 Å². The topological polar surface area (TPSA) is 87.3 Å². The van der Waals surface area contributed by atoms with Gasteiger partial charge in [-0.15, -0.1) is 0 Å². The third kappa shape index (κ3) is 3.84. The number of hydrogen-bond acceptors (Lipinski definition) is 3. The van der Waals surface area contributed by atoms with Gasteiger partial charge in [0.2, 0.25) is 17.7 Å². The summed E-state index contributed by atoms with van der Waals surface area (Å²) in [7, 11) is 0. The molecule has 1 atom stereocenters. The Morgan fingerprint density at radius 1 is 1.23 bits per heavy atom. The van der Waals surface area contributed by atoms with Gasteiger partial charge in [-0.1, -0.05) is 32.0 Å². The lowest BCUT2D eigenvalue weighted by molar-refractivity contribution is -0.126. The molecule has 0 spiro atoms. The van der Waals surface area contributed by atoms with E-state index in [0.717, 1.165) is 5.56 Å². The monoisotopic (exact) mass is 303 g/mol. The second-order valence-corrected chi connectivity index (χ2v) is 5.63. The van der Waals surface area contributed by atoms with Crippen LogP contribution in [-0.2, 0) is 14.4 Å². The number of anilines is 1. The Balaban J connectivity index is 1.90. The fourth-order valence-electron chi connectivity index (χ4n) is 2.34. The summed E-state index contributed by atoms with van der Waals surface area (Å²) in [5.74, 6) is -0.958. The Morgan fingerprint density at radius 3 is 2.64 bits per heavy atom. The van der Waals surface area contributed by atoms with Crippen LogP contribution in [0, 0.1) is 5.92 Å². The average Bonchev–Trinajstić information content (AvgIpc) is 2.50. The third-order valence-corrected chi connectivity index (χ3v) is 3.56. The molecule has 1 aromatic rings. The summed E-state index contributed by atoms with van der Waals surface area (Å²) in [6.07, 6.45) is 0.140. The highest BCUT2D eigenvalue weighted by atomic mass is 16.2. The molecule has 0 fully saturated rings. The largest absolute Gasteiger partial charge is 0.354 e. The number of rotatable bonds is 5. The molecular formula is C16H21N3O3. The molecule has 6 heteroatoms. The van der Waals surface area contributed by atoms with Gasteiger partial charge in [-0.05, 0) is 11.6 Å². The second kappa shape index (κ2) is 7.06. The van der Waals surface area contributed by atoms with Crippen molar-refractivity contribution in [3.63, 3.8) is 0 Å². The summed E-state index contributed by atoms with van der Waals surface area (Å²) in [5, 5.41) is 8.27. The molecule has 0 aliphatic carbocycles. The first-order valence-electron chi connectivity index (χ1n) is 7.43. The number of amides is 3. The molecule has 3 N–H and O–H groups in total. The number of carbonyl (C=O) groups excluding carboxylic acids is 3. The molecule has 1 aromatic carbocycles. The van der Waals surface area contributed by atoms with Crippen molar-refractivity contribution in [1.29, 1.82) is 0 Å². The second-order valence-electron chi connectivity index (χ2n) is 5.63. The number of benzene rings is 1. The number of hydrogen-bond donors (Lipinski definition) is 3. The maximum absolute atomic E-state index is 12.3. The van der Waals surface area contributed by atoms with Crippen LogP contribution < -0.4 is 16.0 Å². The first kappa shape index (κ1) is 16.0. The van der Waals surface area contributed by atoms with Gasteiger partial charge in [0, 0.05) is 31.1 Å². The number of fused-ring (bicyclic) bond motifs is 1. The van der Waals surface area contributed by atoms with E-state index in [4.69, 9.17) is 0 Å². The fourth-order valence-corrected chi connectivity index (χ4v) is 2.34. The van der Waals surface area contributed by atoms with Gasteiger partial charge >= 0.3 is 0 Å².